The lowest BCUT2D eigenvalue weighted by Crippen LogP contribution is -2.23. The minimum absolute atomic E-state index is 0.108. The van der Waals surface area contributed by atoms with Gasteiger partial charge in [-0.15, -0.1) is 0 Å². The van der Waals surface area contributed by atoms with E-state index in [1.54, 1.807) is 0 Å². The Morgan fingerprint density at radius 2 is 1.78 bits per heavy atom. The molecule has 0 fully saturated rings. The predicted molar refractivity (Wildman–Crippen MR) is 73.5 cm³/mol. The van der Waals surface area contributed by atoms with E-state index >= 15 is 0 Å². The second-order valence-electron chi connectivity index (χ2n) is 4.88. The quantitative estimate of drug-likeness (QED) is 0.359. The second-order valence-corrected chi connectivity index (χ2v) is 4.88. The minimum Gasteiger partial charge on any atom is -0.381 e. The summed E-state index contributed by atoms with van der Waals surface area (Å²) in [6.07, 6.45) is 7.61. The molecule has 1 aliphatic carbocycles. The Bertz CT molecular complexity index is 222. The highest BCUT2D eigenvalue weighted by Gasteiger charge is 2.18. The van der Waals surface area contributed by atoms with E-state index in [1.807, 2.05) is 13.8 Å². The summed E-state index contributed by atoms with van der Waals surface area (Å²) in [6, 6.07) is 0. The molecule has 0 aromatic carbocycles. The van der Waals surface area contributed by atoms with Gasteiger partial charge in [0.2, 0.25) is 0 Å². The van der Waals surface area contributed by atoms with E-state index in [0.717, 1.165) is 32.0 Å². The standard InChI is InChI=1S/C15H28O3/c1-4-17-15(18-5-2)10-11-16-12-14-9-7-6-8-13(14)3/h6-7,13-15H,4-5,8-12H2,1-3H3. The average Bonchev–Trinajstić information content (AvgIpc) is 2.37. The number of rotatable bonds is 9. The van der Waals surface area contributed by atoms with Crippen LogP contribution in [0.4, 0.5) is 0 Å². The monoisotopic (exact) mass is 256 g/mol. The van der Waals surface area contributed by atoms with Crippen LogP contribution in [0.2, 0.25) is 0 Å². The van der Waals surface area contributed by atoms with Crippen molar-refractivity contribution in [1.29, 1.82) is 0 Å². The molecule has 2 atom stereocenters. The van der Waals surface area contributed by atoms with Gasteiger partial charge in [0.1, 0.15) is 0 Å². The molecule has 0 aromatic rings. The molecule has 2 unspecified atom stereocenters. The molecule has 1 aliphatic rings. The maximum atomic E-state index is 5.77. The molecule has 0 aromatic heterocycles. The molecule has 106 valence electrons. The van der Waals surface area contributed by atoms with Gasteiger partial charge in [-0.3, -0.25) is 0 Å². The fourth-order valence-corrected chi connectivity index (χ4v) is 2.24. The minimum atomic E-state index is -0.108. The zero-order valence-electron chi connectivity index (χ0n) is 12.1. The summed E-state index contributed by atoms with van der Waals surface area (Å²) in [5, 5.41) is 0. The fourth-order valence-electron chi connectivity index (χ4n) is 2.24. The lowest BCUT2D eigenvalue weighted by Gasteiger charge is -2.25. The SMILES string of the molecule is CCOC(CCOCC1CC=CCC1C)OCC. The first-order chi connectivity index (χ1) is 8.77. The summed E-state index contributed by atoms with van der Waals surface area (Å²) in [7, 11) is 0. The molecule has 0 spiro atoms. The van der Waals surface area contributed by atoms with Gasteiger partial charge in [-0.1, -0.05) is 19.1 Å². The summed E-state index contributed by atoms with van der Waals surface area (Å²) >= 11 is 0. The lowest BCUT2D eigenvalue weighted by molar-refractivity contribution is -0.147. The highest BCUT2D eigenvalue weighted by atomic mass is 16.7. The number of hydrogen-bond donors (Lipinski definition) is 0. The van der Waals surface area contributed by atoms with E-state index in [1.165, 1.54) is 6.42 Å². The highest BCUT2D eigenvalue weighted by Crippen LogP contribution is 2.25. The Morgan fingerprint density at radius 3 is 2.39 bits per heavy atom. The molecular weight excluding hydrogens is 228 g/mol. The first-order valence-electron chi connectivity index (χ1n) is 7.23. The van der Waals surface area contributed by atoms with Gasteiger partial charge < -0.3 is 14.2 Å². The third-order valence-corrected chi connectivity index (χ3v) is 3.45. The third kappa shape index (κ3) is 5.98. The van der Waals surface area contributed by atoms with Crippen LogP contribution in [0, 0.1) is 11.8 Å². The first-order valence-corrected chi connectivity index (χ1v) is 7.23. The maximum Gasteiger partial charge on any atom is 0.159 e. The molecule has 0 saturated heterocycles. The van der Waals surface area contributed by atoms with Crippen molar-refractivity contribution in [3.63, 3.8) is 0 Å². The number of hydrogen-bond acceptors (Lipinski definition) is 3. The molecule has 0 radical (unpaired) electrons. The Labute approximate surface area is 111 Å². The number of allylic oxidation sites excluding steroid dienone is 2. The van der Waals surface area contributed by atoms with E-state index in [0.29, 0.717) is 19.1 Å². The van der Waals surface area contributed by atoms with Crippen LogP contribution < -0.4 is 0 Å². The van der Waals surface area contributed by atoms with Gasteiger partial charge >= 0.3 is 0 Å². The van der Waals surface area contributed by atoms with Gasteiger partial charge in [-0.05, 0) is 38.5 Å². The number of ether oxygens (including phenoxy) is 3. The molecule has 0 N–H and O–H groups in total. The van der Waals surface area contributed by atoms with Crippen molar-refractivity contribution in [2.45, 2.75) is 46.3 Å². The summed E-state index contributed by atoms with van der Waals surface area (Å²) in [5.41, 5.74) is 0. The zero-order valence-corrected chi connectivity index (χ0v) is 12.1. The zero-order chi connectivity index (χ0) is 13.2. The Morgan fingerprint density at radius 1 is 1.11 bits per heavy atom. The van der Waals surface area contributed by atoms with Crippen molar-refractivity contribution in [2.24, 2.45) is 11.8 Å². The fraction of sp³-hybridized carbons (Fsp3) is 0.867. The Kier molecular flexibility index (Phi) is 8.31. The topological polar surface area (TPSA) is 27.7 Å². The van der Waals surface area contributed by atoms with E-state index in [-0.39, 0.29) is 6.29 Å². The van der Waals surface area contributed by atoms with Crippen molar-refractivity contribution in [3.8, 4) is 0 Å². The van der Waals surface area contributed by atoms with Gasteiger partial charge in [0.05, 0.1) is 6.61 Å². The molecule has 0 saturated carbocycles. The van der Waals surface area contributed by atoms with Crippen LogP contribution in [0.5, 0.6) is 0 Å². The normalized spacial score (nSPS) is 23.8. The molecule has 1 rings (SSSR count). The van der Waals surface area contributed by atoms with Gasteiger partial charge in [0, 0.05) is 26.2 Å². The summed E-state index contributed by atoms with van der Waals surface area (Å²) in [6.45, 7) is 9.24. The van der Waals surface area contributed by atoms with Crippen LogP contribution >= 0.6 is 0 Å². The molecule has 3 nitrogen and oxygen atoms in total. The van der Waals surface area contributed by atoms with Crippen LogP contribution in [0.15, 0.2) is 12.2 Å². The van der Waals surface area contributed by atoms with Crippen molar-refractivity contribution < 1.29 is 14.2 Å². The smallest absolute Gasteiger partial charge is 0.159 e. The first kappa shape index (κ1) is 15.7. The summed E-state index contributed by atoms with van der Waals surface area (Å²) < 4.78 is 16.7. The van der Waals surface area contributed by atoms with Gasteiger partial charge in [0.15, 0.2) is 6.29 Å². The van der Waals surface area contributed by atoms with Gasteiger partial charge in [-0.25, -0.2) is 0 Å². The Hall–Kier alpha value is -0.380. The van der Waals surface area contributed by atoms with Crippen molar-refractivity contribution in [2.75, 3.05) is 26.4 Å². The summed E-state index contributed by atoms with van der Waals surface area (Å²) in [5.74, 6) is 1.41. The van der Waals surface area contributed by atoms with Crippen LogP contribution in [-0.4, -0.2) is 32.7 Å². The third-order valence-electron chi connectivity index (χ3n) is 3.45. The Balaban J connectivity index is 2.11. The van der Waals surface area contributed by atoms with E-state index in [2.05, 4.69) is 19.1 Å². The van der Waals surface area contributed by atoms with E-state index in [4.69, 9.17) is 14.2 Å². The average molecular weight is 256 g/mol. The molecule has 0 heterocycles. The molecule has 18 heavy (non-hydrogen) atoms. The van der Waals surface area contributed by atoms with Crippen molar-refractivity contribution in [1.82, 2.24) is 0 Å². The van der Waals surface area contributed by atoms with Crippen LogP contribution in [0.3, 0.4) is 0 Å². The highest BCUT2D eigenvalue weighted by molar-refractivity contribution is 4.93. The van der Waals surface area contributed by atoms with E-state index in [9.17, 15) is 0 Å². The largest absolute Gasteiger partial charge is 0.381 e. The molecule has 0 aliphatic heterocycles. The van der Waals surface area contributed by atoms with Crippen molar-refractivity contribution in [3.05, 3.63) is 12.2 Å². The molecule has 0 bridgehead atoms. The molecule has 0 amide bonds. The van der Waals surface area contributed by atoms with Gasteiger partial charge in [-0.2, -0.15) is 0 Å². The lowest BCUT2D eigenvalue weighted by atomic mass is 9.85. The van der Waals surface area contributed by atoms with Crippen molar-refractivity contribution >= 4 is 0 Å². The molecule has 3 heteroatoms. The van der Waals surface area contributed by atoms with Crippen LogP contribution in [-0.2, 0) is 14.2 Å². The molecular formula is C15H28O3. The van der Waals surface area contributed by atoms with Gasteiger partial charge in [0.25, 0.3) is 0 Å². The second kappa shape index (κ2) is 9.54. The van der Waals surface area contributed by atoms with E-state index < -0.39 is 0 Å². The van der Waals surface area contributed by atoms with Crippen LogP contribution in [0.25, 0.3) is 0 Å². The predicted octanol–water partition coefficient (Wildman–Crippen LogP) is 3.39. The summed E-state index contributed by atoms with van der Waals surface area (Å²) in [4.78, 5) is 0. The van der Waals surface area contributed by atoms with Crippen LogP contribution in [0.1, 0.15) is 40.0 Å². The maximum absolute atomic E-state index is 5.77.